The number of oxime groups is 1. The van der Waals surface area contributed by atoms with E-state index in [-0.39, 0.29) is 0 Å². The molecule has 1 N–H and O–H groups in total. The second kappa shape index (κ2) is 4.28. The van der Waals surface area contributed by atoms with Gasteiger partial charge in [-0.3, -0.25) is 0 Å². The van der Waals surface area contributed by atoms with Crippen LogP contribution in [0.1, 0.15) is 19.8 Å². The van der Waals surface area contributed by atoms with Gasteiger partial charge in [0, 0.05) is 12.8 Å². The third-order valence-electron chi connectivity index (χ3n) is 1.57. The van der Waals surface area contributed by atoms with Crippen molar-refractivity contribution in [1.29, 1.82) is 0 Å². The molecule has 1 fully saturated rings. The molecule has 0 aliphatic carbocycles. The summed E-state index contributed by atoms with van der Waals surface area (Å²) in [6.45, 7) is 3.92. The zero-order valence-corrected chi connectivity index (χ0v) is 6.34. The summed E-state index contributed by atoms with van der Waals surface area (Å²) >= 11 is 0. The molecule has 3 heteroatoms. The Morgan fingerprint density at radius 2 is 2.60 bits per heavy atom. The molecule has 3 nitrogen and oxygen atoms in total. The van der Waals surface area contributed by atoms with Gasteiger partial charge in [-0.2, -0.15) is 0 Å². The smallest absolute Gasteiger partial charge is 0.139 e. The first-order valence-electron chi connectivity index (χ1n) is 3.78. The Morgan fingerprint density at radius 1 is 1.70 bits per heavy atom. The van der Waals surface area contributed by atoms with E-state index < -0.39 is 0 Å². The maximum absolute atomic E-state index is 5.14. The van der Waals surface area contributed by atoms with E-state index in [2.05, 4.69) is 10.5 Å². The van der Waals surface area contributed by atoms with Crippen LogP contribution in [0.3, 0.4) is 0 Å². The van der Waals surface area contributed by atoms with Gasteiger partial charge in [-0.05, 0) is 26.3 Å². The lowest BCUT2D eigenvalue weighted by molar-refractivity contribution is 0.0428. The van der Waals surface area contributed by atoms with E-state index in [0.717, 1.165) is 19.5 Å². The highest BCUT2D eigenvalue weighted by molar-refractivity contribution is 5.52. The minimum atomic E-state index is 0.296. The quantitative estimate of drug-likeness (QED) is 0.456. The summed E-state index contributed by atoms with van der Waals surface area (Å²) in [5.41, 5.74) is 0. The summed E-state index contributed by atoms with van der Waals surface area (Å²) < 4.78 is 0. The van der Waals surface area contributed by atoms with Crippen molar-refractivity contribution in [3.8, 4) is 0 Å². The van der Waals surface area contributed by atoms with Gasteiger partial charge in [-0.15, -0.1) is 0 Å². The minimum Gasteiger partial charge on any atom is -0.391 e. The zero-order valence-electron chi connectivity index (χ0n) is 6.34. The summed E-state index contributed by atoms with van der Waals surface area (Å²) in [5.74, 6) is 0. The van der Waals surface area contributed by atoms with Gasteiger partial charge >= 0.3 is 0 Å². The third-order valence-corrected chi connectivity index (χ3v) is 1.57. The van der Waals surface area contributed by atoms with Gasteiger partial charge in [0.1, 0.15) is 6.10 Å². The van der Waals surface area contributed by atoms with Gasteiger partial charge in [-0.1, -0.05) is 5.16 Å². The molecule has 0 spiro atoms. The Hall–Kier alpha value is -0.570. The Labute approximate surface area is 61.4 Å². The highest BCUT2D eigenvalue weighted by Gasteiger charge is 2.12. The van der Waals surface area contributed by atoms with Crippen molar-refractivity contribution in [3.05, 3.63) is 0 Å². The molecule has 0 aromatic heterocycles. The molecule has 0 bridgehead atoms. The summed E-state index contributed by atoms with van der Waals surface area (Å²) in [4.78, 5) is 5.14. The largest absolute Gasteiger partial charge is 0.391 e. The number of nitrogens with one attached hydrogen (secondary N) is 1. The second-order valence-electron chi connectivity index (χ2n) is 2.44. The van der Waals surface area contributed by atoms with Gasteiger partial charge < -0.3 is 10.2 Å². The highest BCUT2D eigenvalue weighted by atomic mass is 16.6. The van der Waals surface area contributed by atoms with Crippen molar-refractivity contribution in [2.45, 2.75) is 25.9 Å². The number of hydrogen-bond donors (Lipinski definition) is 1. The van der Waals surface area contributed by atoms with Crippen LogP contribution in [0.4, 0.5) is 0 Å². The first-order chi connectivity index (χ1) is 4.93. The van der Waals surface area contributed by atoms with Crippen LogP contribution < -0.4 is 5.32 Å². The van der Waals surface area contributed by atoms with E-state index in [1.165, 1.54) is 6.42 Å². The standard InChI is InChI=1S/C7H14N2O/c1-2-9-10-7-4-3-5-8-6-7/h2,7-8H,3-6H2,1H3. The summed E-state index contributed by atoms with van der Waals surface area (Å²) in [6, 6.07) is 0. The molecule has 1 unspecified atom stereocenters. The lowest BCUT2D eigenvalue weighted by atomic mass is 10.1. The monoisotopic (exact) mass is 142 g/mol. The molecule has 1 heterocycles. The van der Waals surface area contributed by atoms with Crippen molar-refractivity contribution in [1.82, 2.24) is 5.32 Å². The van der Waals surface area contributed by atoms with Gasteiger partial charge in [0.2, 0.25) is 0 Å². The van der Waals surface area contributed by atoms with Gasteiger partial charge in [0.15, 0.2) is 0 Å². The maximum atomic E-state index is 5.14. The van der Waals surface area contributed by atoms with Crippen molar-refractivity contribution in [2.75, 3.05) is 13.1 Å². The molecular formula is C7H14N2O. The fourth-order valence-corrected chi connectivity index (χ4v) is 1.06. The van der Waals surface area contributed by atoms with Crippen LogP contribution in [0.15, 0.2) is 5.16 Å². The molecule has 0 amide bonds. The summed E-state index contributed by atoms with van der Waals surface area (Å²) in [6.07, 6.45) is 4.30. The first-order valence-corrected chi connectivity index (χ1v) is 3.78. The van der Waals surface area contributed by atoms with Crippen molar-refractivity contribution < 1.29 is 4.84 Å². The van der Waals surface area contributed by atoms with Gasteiger partial charge in [0.25, 0.3) is 0 Å². The number of rotatable bonds is 2. The molecule has 58 valence electrons. The average molecular weight is 142 g/mol. The number of hydrogen-bond acceptors (Lipinski definition) is 3. The van der Waals surface area contributed by atoms with E-state index in [4.69, 9.17) is 4.84 Å². The molecule has 0 aromatic carbocycles. The van der Waals surface area contributed by atoms with E-state index >= 15 is 0 Å². The van der Waals surface area contributed by atoms with Crippen LogP contribution in [0.2, 0.25) is 0 Å². The second-order valence-corrected chi connectivity index (χ2v) is 2.44. The molecule has 1 aliphatic heterocycles. The fourth-order valence-electron chi connectivity index (χ4n) is 1.06. The van der Waals surface area contributed by atoms with E-state index in [9.17, 15) is 0 Å². The summed E-state index contributed by atoms with van der Waals surface area (Å²) in [7, 11) is 0. The van der Waals surface area contributed by atoms with Crippen LogP contribution in [-0.4, -0.2) is 25.4 Å². The zero-order chi connectivity index (χ0) is 7.23. The summed E-state index contributed by atoms with van der Waals surface area (Å²) in [5, 5.41) is 6.98. The fraction of sp³-hybridized carbons (Fsp3) is 0.857. The molecular weight excluding hydrogens is 128 g/mol. The lowest BCUT2D eigenvalue weighted by Crippen LogP contribution is -2.34. The minimum absolute atomic E-state index is 0.296. The molecule has 1 saturated heterocycles. The van der Waals surface area contributed by atoms with Crippen LogP contribution in [0.5, 0.6) is 0 Å². The lowest BCUT2D eigenvalue weighted by Gasteiger charge is -2.20. The average Bonchev–Trinajstić information content (AvgIpc) is 2.03. The van der Waals surface area contributed by atoms with Crippen LogP contribution >= 0.6 is 0 Å². The first kappa shape index (κ1) is 7.54. The van der Waals surface area contributed by atoms with E-state index in [1.807, 2.05) is 6.92 Å². The Kier molecular flexibility index (Phi) is 3.22. The molecule has 0 saturated carbocycles. The van der Waals surface area contributed by atoms with Gasteiger partial charge in [0.05, 0.1) is 0 Å². The predicted octanol–water partition coefficient (Wildman–Crippen LogP) is 0.761. The molecule has 0 aromatic rings. The van der Waals surface area contributed by atoms with Crippen molar-refractivity contribution in [3.63, 3.8) is 0 Å². The van der Waals surface area contributed by atoms with Crippen LogP contribution in [0.25, 0.3) is 0 Å². The Morgan fingerprint density at radius 3 is 3.20 bits per heavy atom. The van der Waals surface area contributed by atoms with Crippen LogP contribution in [0, 0.1) is 0 Å². The van der Waals surface area contributed by atoms with Gasteiger partial charge in [-0.25, -0.2) is 0 Å². The molecule has 0 radical (unpaired) electrons. The van der Waals surface area contributed by atoms with Crippen molar-refractivity contribution >= 4 is 6.21 Å². The van der Waals surface area contributed by atoms with Crippen molar-refractivity contribution in [2.24, 2.45) is 5.16 Å². The SMILES string of the molecule is CC=NOC1CCCNC1. The molecule has 1 rings (SSSR count). The topological polar surface area (TPSA) is 33.6 Å². The highest BCUT2D eigenvalue weighted by Crippen LogP contribution is 2.05. The number of nitrogens with zero attached hydrogens (tertiary/aromatic N) is 1. The normalized spacial score (nSPS) is 27.1. The Balaban J connectivity index is 2.13. The maximum Gasteiger partial charge on any atom is 0.139 e. The molecule has 1 atom stereocenters. The van der Waals surface area contributed by atoms with E-state index in [0.29, 0.717) is 6.10 Å². The Bertz CT molecular complexity index is 108. The third kappa shape index (κ3) is 2.35. The number of piperidine rings is 1. The van der Waals surface area contributed by atoms with E-state index in [1.54, 1.807) is 6.21 Å². The van der Waals surface area contributed by atoms with Crippen LogP contribution in [-0.2, 0) is 4.84 Å². The molecule has 1 aliphatic rings. The predicted molar refractivity (Wildman–Crippen MR) is 41.1 cm³/mol. The molecule has 10 heavy (non-hydrogen) atoms.